The Kier molecular flexibility index (Phi) is 3.64. The highest BCUT2D eigenvalue weighted by atomic mass is 16.5. The van der Waals surface area contributed by atoms with Gasteiger partial charge in [-0.05, 0) is 25.0 Å². The molecule has 0 radical (unpaired) electrons. The van der Waals surface area contributed by atoms with Gasteiger partial charge in [0, 0.05) is 12.6 Å². The molecule has 0 aliphatic carbocycles. The largest absolute Gasteiger partial charge is 0.493 e. The summed E-state index contributed by atoms with van der Waals surface area (Å²) in [4.78, 5) is 11.1. The van der Waals surface area contributed by atoms with Gasteiger partial charge in [-0.1, -0.05) is 19.9 Å². The van der Waals surface area contributed by atoms with Crippen LogP contribution >= 0.6 is 0 Å². The van der Waals surface area contributed by atoms with E-state index in [1.165, 1.54) is 0 Å². The van der Waals surface area contributed by atoms with Gasteiger partial charge in [-0.15, -0.1) is 0 Å². The van der Waals surface area contributed by atoms with Crippen LogP contribution in [0.25, 0.3) is 10.9 Å². The fourth-order valence-electron chi connectivity index (χ4n) is 2.68. The summed E-state index contributed by atoms with van der Waals surface area (Å²) in [5.41, 5.74) is 9.04. The number of benzene rings is 1. The van der Waals surface area contributed by atoms with Gasteiger partial charge in [0.25, 0.3) is 0 Å². The SMILES string of the molecule is CC1=NCc2c(N)nc3cccc(OCC(C)C)c3c2N1C. The van der Waals surface area contributed by atoms with Crippen molar-refractivity contribution < 1.29 is 4.74 Å². The third kappa shape index (κ3) is 2.36. The van der Waals surface area contributed by atoms with E-state index in [9.17, 15) is 0 Å². The van der Waals surface area contributed by atoms with E-state index in [1.807, 2.05) is 32.2 Å². The van der Waals surface area contributed by atoms with E-state index in [4.69, 9.17) is 10.5 Å². The molecule has 0 fully saturated rings. The summed E-state index contributed by atoms with van der Waals surface area (Å²) in [7, 11) is 2.01. The molecule has 3 rings (SSSR count). The van der Waals surface area contributed by atoms with Gasteiger partial charge in [-0.3, -0.25) is 4.99 Å². The van der Waals surface area contributed by atoms with E-state index < -0.39 is 0 Å². The third-order valence-corrected chi connectivity index (χ3v) is 3.94. The molecule has 5 heteroatoms. The highest BCUT2D eigenvalue weighted by Crippen LogP contribution is 2.40. The van der Waals surface area contributed by atoms with Crippen molar-refractivity contribution in [2.75, 3.05) is 24.3 Å². The number of amidine groups is 1. The minimum Gasteiger partial charge on any atom is -0.493 e. The number of anilines is 2. The molecule has 2 heterocycles. The van der Waals surface area contributed by atoms with Crippen LogP contribution in [0.15, 0.2) is 23.2 Å². The molecule has 1 aromatic carbocycles. The maximum Gasteiger partial charge on any atom is 0.131 e. The summed E-state index contributed by atoms with van der Waals surface area (Å²) in [5.74, 6) is 2.84. The van der Waals surface area contributed by atoms with E-state index in [2.05, 4.69) is 28.7 Å². The van der Waals surface area contributed by atoms with Crippen molar-refractivity contribution in [3.63, 3.8) is 0 Å². The van der Waals surface area contributed by atoms with Gasteiger partial charge in [0.15, 0.2) is 0 Å². The average Bonchev–Trinajstić information content (AvgIpc) is 2.48. The van der Waals surface area contributed by atoms with Crippen molar-refractivity contribution in [3.05, 3.63) is 23.8 Å². The fourth-order valence-corrected chi connectivity index (χ4v) is 2.68. The van der Waals surface area contributed by atoms with Crippen molar-refractivity contribution in [2.45, 2.75) is 27.3 Å². The molecule has 0 unspecified atom stereocenters. The normalized spacial score (nSPS) is 14.2. The van der Waals surface area contributed by atoms with Crippen LogP contribution in [-0.4, -0.2) is 24.5 Å². The molecule has 0 saturated heterocycles. The van der Waals surface area contributed by atoms with Crippen LogP contribution in [0.5, 0.6) is 5.75 Å². The highest BCUT2D eigenvalue weighted by molar-refractivity contribution is 6.09. The molecule has 0 bridgehead atoms. The Balaban J connectivity index is 2.24. The predicted octanol–water partition coefficient (Wildman–Crippen LogP) is 3.22. The summed E-state index contributed by atoms with van der Waals surface area (Å²) in [5, 5.41) is 1.02. The maximum atomic E-state index is 6.14. The molecular weight excluding hydrogens is 276 g/mol. The molecule has 22 heavy (non-hydrogen) atoms. The van der Waals surface area contributed by atoms with Gasteiger partial charge < -0.3 is 15.4 Å². The molecule has 0 saturated carbocycles. The Hall–Kier alpha value is -2.30. The first-order valence-corrected chi connectivity index (χ1v) is 7.57. The van der Waals surface area contributed by atoms with E-state index in [0.717, 1.165) is 33.7 Å². The molecular formula is C17H22N4O. The number of pyridine rings is 1. The number of rotatable bonds is 3. The topological polar surface area (TPSA) is 63.7 Å². The second kappa shape index (κ2) is 5.48. The van der Waals surface area contributed by atoms with Gasteiger partial charge in [0.05, 0.1) is 29.7 Å². The van der Waals surface area contributed by atoms with Crippen LogP contribution in [0.3, 0.4) is 0 Å². The molecule has 1 aliphatic heterocycles. The Morgan fingerprint density at radius 3 is 2.86 bits per heavy atom. The lowest BCUT2D eigenvalue weighted by atomic mass is 10.0. The number of aliphatic imine (C=N–C) groups is 1. The Labute approximate surface area is 130 Å². The first-order valence-electron chi connectivity index (χ1n) is 7.57. The number of fused-ring (bicyclic) bond motifs is 3. The molecule has 5 nitrogen and oxygen atoms in total. The zero-order valence-corrected chi connectivity index (χ0v) is 13.6. The summed E-state index contributed by atoms with van der Waals surface area (Å²) in [6.07, 6.45) is 0. The van der Waals surface area contributed by atoms with Crippen LogP contribution < -0.4 is 15.4 Å². The average molecular weight is 298 g/mol. The smallest absolute Gasteiger partial charge is 0.131 e. The quantitative estimate of drug-likeness (QED) is 0.945. The molecule has 0 amide bonds. The lowest BCUT2D eigenvalue weighted by Gasteiger charge is -2.29. The number of ether oxygens (including phenoxy) is 1. The number of hydrogen-bond acceptors (Lipinski definition) is 5. The zero-order chi connectivity index (χ0) is 15.9. The van der Waals surface area contributed by atoms with E-state index in [1.54, 1.807) is 0 Å². The molecule has 0 atom stereocenters. The van der Waals surface area contributed by atoms with Crippen molar-refractivity contribution in [2.24, 2.45) is 10.9 Å². The van der Waals surface area contributed by atoms with Crippen molar-refractivity contribution in [3.8, 4) is 5.75 Å². The van der Waals surface area contributed by atoms with Crippen LogP contribution in [0.2, 0.25) is 0 Å². The number of nitrogens with two attached hydrogens (primary N) is 1. The first kappa shape index (κ1) is 14.6. The second-order valence-corrected chi connectivity index (χ2v) is 6.10. The monoisotopic (exact) mass is 298 g/mol. The van der Waals surface area contributed by atoms with Gasteiger partial charge in [-0.2, -0.15) is 0 Å². The van der Waals surface area contributed by atoms with Crippen molar-refractivity contribution in [1.29, 1.82) is 0 Å². The van der Waals surface area contributed by atoms with Gasteiger partial charge in [0.2, 0.25) is 0 Å². The van der Waals surface area contributed by atoms with Crippen LogP contribution in [0.4, 0.5) is 11.5 Å². The first-order chi connectivity index (χ1) is 10.5. The Morgan fingerprint density at radius 2 is 2.14 bits per heavy atom. The number of hydrogen-bond donors (Lipinski definition) is 1. The summed E-state index contributed by atoms with van der Waals surface area (Å²) < 4.78 is 6.02. The number of aromatic nitrogens is 1. The second-order valence-electron chi connectivity index (χ2n) is 6.10. The third-order valence-electron chi connectivity index (χ3n) is 3.94. The Bertz CT molecular complexity index is 752. The van der Waals surface area contributed by atoms with Crippen molar-refractivity contribution in [1.82, 2.24) is 4.98 Å². The Morgan fingerprint density at radius 1 is 1.36 bits per heavy atom. The standard InChI is InChI=1S/C17H22N4O/c1-10(2)9-22-14-7-5-6-13-15(14)16-12(17(18)20-13)8-19-11(3)21(16)4/h5-7,10H,8-9H2,1-4H3,(H2,18,20). The lowest BCUT2D eigenvalue weighted by molar-refractivity contribution is 0.274. The minimum atomic E-state index is 0.467. The van der Waals surface area contributed by atoms with Crippen LogP contribution in [0.1, 0.15) is 26.3 Å². The minimum absolute atomic E-state index is 0.467. The lowest BCUT2D eigenvalue weighted by Crippen LogP contribution is -2.29. The van der Waals surface area contributed by atoms with Gasteiger partial charge >= 0.3 is 0 Å². The number of nitrogens with zero attached hydrogens (tertiary/aromatic N) is 3. The zero-order valence-electron chi connectivity index (χ0n) is 13.6. The van der Waals surface area contributed by atoms with Gasteiger partial charge in [-0.25, -0.2) is 4.98 Å². The van der Waals surface area contributed by atoms with Crippen LogP contribution in [-0.2, 0) is 6.54 Å². The van der Waals surface area contributed by atoms with E-state index in [0.29, 0.717) is 24.9 Å². The van der Waals surface area contributed by atoms with Crippen LogP contribution in [0, 0.1) is 5.92 Å². The highest BCUT2D eigenvalue weighted by Gasteiger charge is 2.23. The molecule has 2 N–H and O–H groups in total. The maximum absolute atomic E-state index is 6.14. The predicted molar refractivity (Wildman–Crippen MR) is 91.7 cm³/mol. The molecule has 1 aliphatic rings. The van der Waals surface area contributed by atoms with E-state index >= 15 is 0 Å². The summed E-state index contributed by atoms with van der Waals surface area (Å²) >= 11 is 0. The summed E-state index contributed by atoms with van der Waals surface area (Å²) in [6, 6.07) is 5.93. The van der Waals surface area contributed by atoms with Crippen molar-refractivity contribution >= 4 is 28.2 Å². The molecule has 1 aromatic heterocycles. The fraction of sp³-hybridized carbons (Fsp3) is 0.412. The molecule has 0 spiro atoms. The van der Waals surface area contributed by atoms with Gasteiger partial charge in [0.1, 0.15) is 17.4 Å². The summed E-state index contributed by atoms with van der Waals surface area (Å²) in [6.45, 7) is 7.52. The van der Waals surface area contributed by atoms with E-state index in [-0.39, 0.29) is 0 Å². The molecule has 116 valence electrons. The number of nitrogen functional groups attached to an aromatic ring is 1. The molecule has 2 aromatic rings.